The highest BCUT2D eigenvalue weighted by molar-refractivity contribution is 6.13. The summed E-state index contributed by atoms with van der Waals surface area (Å²) in [4.78, 5) is 0. The molecule has 1 heterocycles. The Hall–Kier alpha value is -6.18. The molecule has 0 amide bonds. The second-order valence-electron chi connectivity index (χ2n) is 17.0. The van der Waals surface area contributed by atoms with Gasteiger partial charge in [0, 0.05) is 27.7 Å². The molecule has 268 valence electrons. The van der Waals surface area contributed by atoms with Gasteiger partial charge in [-0.2, -0.15) is 0 Å². The summed E-state index contributed by atoms with van der Waals surface area (Å²) < 4.78 is 2.56. The SMILES string of the molecule is CC1(C)c2ccccc2C2=c3ccccc3=C(c3c4c(c(C5=Cc6c(n(-c7ccccc7)c7c6ccc6ccccc67)CC5)c5ccccc35)=CCCC=4)CC21. The molecule has 1 aromatic heterocycles. The number of rotatable bonds is 3. The number of hydrogen-bond acceptors (Lipinski definition) is 0. The fourth-order valence-corrected chi connectivity index (χ4v) is 11.4. The molecule has 0 saturated carbocycles. The third-order valence-corrected chi connectivity index (χ3v) is 13.8. The van der Waals surface area contributed by atoms with Crippen molar-refractivity contribution in [2.24, 2.45) is 5.92 Å². The minimum atomic E-state index is 0.0468. The molecule has 1 heteroatoms. The summed E-state index contributed by atoms with van der Waals surface area (Å²) in [6, 6.07) is 52.4. The van der Waals surface area contributed by atoms with Crippen molar-refractivity contribution >= 4 is 67.4 Å². The van der Waals surface area contributed by atoms with E-state index < -0.39 is 0 Å². The highest BCUT2D eigenvalue weighted by Gasteiger charge is 2.44. The highest BCUT2D eigenvalue weighted by Crippen LogP contribution is 2.52. The van der Waals surface area contributed by atoms with E-state index in [0.717, 1.165) is 32.1 Å². The maximum atomic E-state index is 2.58. The molecule has 12 rings (SSSR count). The van der Waals surface area contributed by atoms with E-state index in [1.165, 1.54) is 104 Å². The first kappa shape index (κ1) is 32.1. The van der Waals surface area contributed by atoms with Gasteiger partial charge in [0.25, 0.3) is 0 Å². The third kappa shape index (κ3) is 4.37. The van der Waals surface area contributed by atoms with Gasteiger partial charge in [-0.15, -0.1) is 0 Å². The molecule has 0 spiro atoms. The normalized spacial score (nSPS) is 17.8. The molecular formula is C55H43N. The van der Waals surface area contributed by atoms with Crippen LogP contribution in [0.3, 0.4) is 0 Å². The summed E-state index contributed by atoms with van der Waals surface area (Å²) in [5, 5.41) is 12.4. The number of fused-ring (bicyclic) bond motifs is 11. The Labute approximate surface area is 327 Å². The van der Waals surface area contributed by atoms with Crippen molar-refractivity contribution in [2.45, 2.75) is 51.4 Å². The second kappa shape index (κ2) is 11.9. The first-order valence-corrected chi connectivity index (χ1v) is 20.6. The highest BCUT2D eigenvalue weighted by atomic mass is 15.0. The molecule has 4 aliphatic carbocycles. The Morgan fingerprint density at radius 1 is 0.571 bits per heavy atom. The van der Waals surface area contributed by atoms with Gasteiger partial charge in [0.05, 0.1) is 5.52 Å². The molecule has 0 aliphatic heterocycles. The quantitative estimate of drug-likeness (QED) is 0.172. The van der Waals surface area contributed by atoms with Crippen molar-refractivity contribution in [1.82, 2.24) is 4.57 Å². The largest absolute Gasteiger partial charge is 0.312 e. The lowest BCUT2D eigenvalue weighted by Gasteiger charge is -2.33. The summed E-state index contributed by atoms with van der Waals surface area (Å²) in [5.74, 6) is 0.420. The van der Waals surface area contributed by atoms with Crippen molar-refractivity contribution in [1.29, 1.82) is 0 Å². The van der Waals surface area contributed by atoms with Crippen LogP contribution in [-0.4, -0.2) is 4.57 Å². The van der Waals surface area contributed by atoms with Crippen LogP contribution in [0.25, 0.3) is 73.1 Å². The molecule has 0 bridgehead atoms. The zero-order valence-electron chi connectivity index (χ0n) is 32.1. The van der Waals surface area contributed by atoms with E-state index in [-0.39, 0.29) is 5.41 Å². The van der Waals surface area contributed by atoms with Gasteiger partial charge in [0.15, 0.2) is 0 Å². The monoisotopic (exact) mass is 717 g/mol. The van der Waals surface area contributed by atoms with Crippen molar-refractivity contribution in [3.05, 3.63) is 194 Å². The zero-order chi connectivity index (χ0) is 37.1. The van der Waals surface area contributed by atoms with E-state index in [1.54, 1.807) is 5.57 Å². The average molecular weight is 718 g/mol. The molecule has 4 aliphatic rings. The summed E-state index contributed by atoms with van der Waals surface area (Å²) in [5.41, 5.74) is 15.7. The van der Waals surface area contributed by atoms with Crippen molar-refractivity contribution in [3.63, 3.8) is 0 Å². The molecule has 0 radical (unpaired) electrons. The molecule has 0 fully saturated rings. The maximum absolute atomic E-state index is 2.58. The van der Waals surface area contributed by atoms with E-state index in [0.29, 0.717) is 5.92 Å². The van der Waals surface area contributed by atoms with Crippen LogP contribution in [0.1, 0.15) is 73.0 Å². The Kier molecular flexibility index (Phi) is 6.83. The van der Waals surface area contributed by atoms with E-state index in [9.17, 15) is 0 Å². The second-order valence-corrected chi connectivity index (χ2v) is 17.0. The zero-order valence-corrected chi connectivity index (χ0v) is 32.1. The lowest BCUT2D eigenvalue weighted by Crippen LogP contribution is -2.41. The number of benzene rings is 7. The van der Waals surface area contributed by atoms with Gasteiger partial charge < -0.3 is 4.57 Å². The summed E-state index contributed by atoms with van der Waals surface area (Å²) in [6.45, 7) is 4.96. The lowest BCUT2D eigenvalue weighted by atomic mass is 9.70. The van der Waals surface area contributed by atoms with Gasteiger partial charge in [-0.05, 0) is 138 Å². The minimum absolute atomic E-state index is 0.0468. The summed E-state index contributed by atoms with van der Waals surface area (Å²) in [6.07, 6.45) is 12.9. The summed E-state index contributed by atoms with van der Waals surface area (Å²) >= 11 is 0. The maximum Gasteiger partial charge on any atom is 0.0616 e. The van der Waals surface area contributed by atoms with Gasteiger partial charge in [0.2, 0.25) is 0 Å². The predicted molar refractivity (Wildman–Crippen MR) is 237 cm³/mol. The van der Waals surface area contributed by atoms with E-state index in [2.05, 4.69) is 176 Å². The number of allylic oxidation sites excluding steroid dienone is 1. The van der Waals surface area contributed by atoms with Crippen LogP contribution >= 0.6 is 0 Å². The minimum Gasteiger partial charge on any atom is -0.312 e. The molecule has 1 nitrogen and oxygen atoms in total. The molecular weight excluding hydrogens is 675 g/mol. The first-order valence-electron chi connectivity index (χ1n) is 20.6. The first-order chi connectivity index (χ1) is 27.6. The molecule has 8 aromatic rings. The average Bonchev–Trinajstić information content (AvgIpc) is 3.71. The van der Waals surface area contributed by atoms with Gasteiger partial charge in [-0.3, -0.25) is 0 Å². The number of nitrogens with zero attached hydrogens (tertiary/aromatic N) is 1. The van der Waals surface area contributed by atoms with Crippen LogP contribution < -0.4 is 20.9 Å². The molecule has 0 N–H and O–H groups in total. The van der Waals surface area contributed by atoms with Crippen molar-refractivity contribution in [2.75, 3.05) is 0 Å². The number of aromatic nitrogens is 1. The standard InChI is InChI=1S/C55H43N/c1-55(2)48-27-15-14-26-45(48)53-39-21-9-8-20-38(39)47(33-49(53)55)52-42-24-12-10-22-40(42)51(41-23-11-13-25-43(41)52)35-29-31-50-46(32-35)44-30-28-34-16-6-7-19-37(34)54(44)56(50)36-17-4-3-5-18-36/h3-10,12,14-28,30,32,49H,11,13,29,31,33H2,1-2H3. The van der Waals surface area contributed by atoms with Gasteiger partial charge in [0.1, 0.15) is 0 Å². The Morgan fingerprint density at radius 2 is 1.23 bits per heavy atom. The molecule has 7 aromatic carbocycles. The molecule has 1 atom stereocenters. The fourth-order valence-electron chi connectivity index (χ4n) is 11.4. The smallest absolute Gasteiger partial charge is 0.0616 e. The molecule has 0 saturated heterocycles. The van der Waals surface area contributed by atoms with Crippen molar-refractivity contribution < 1.29 is 0 Å². The molecule has 1 unspecified atom stereocenters. The van der Waals surface area contributed by atoms with Gasteiger partial charge in [-0.25, -0.2) is 0 Å². The third-order valence-electron chi connectivity index (χ3n) is 13.8. The number of hydrogen-bond donors (Lipinski definition) is 0. The van der Waals surface area contributed by atoms with Crippen LogP contribution in [-0.2, 0) is 11.8 Å². The van der Waals surface area contributed by atoms with Crippen LogP contribution in [0.5, 0.6) is 0 Å². The Bertz CT molecular complexity index is 3300. The Balaban J connectivity index is 1.15. The van der Waals surface area contributed by atoms with Gasteiger partial charge in [-0.1, -0.05) is 153 Å². The van der Waals surface area contributed by atoms with Crippen molar-refractivity contribution in [3.8, 4) is 5.69 Å². The topological polar surface area (TPSA) is 4.93 Å². The fraction of sp³-hybridized carbons (Fsp3) is 0.164. The van der Waals surface area contributed by atoms with Crippen LogP contribution in [0.15, 0.2) is 140 Å². The van der Waals surface area contributed by atoms with Gasteiger partial charge >= 0.3 is 0 Å². The van der Waals surface area contributed by atoms with Crippen LogP contribution in [0, 0.1) is 5.92 Å². The van der Waals surface area contributed by atoms with E-state index in [4.69, 9.17) is 0 Å². The summed E-state index contributed by atoms with van der Waals surface area (Å²) in [7, 11) is 0. The van der Waals surface area contributed by atoms with E-state index >= 15 is 0 Å². The lowest BCUT2D eigenvalue weighted by molar-refractivity contribution is 0.417. The van der Waals surface area contributed by atoms with Crippen LogP contribution in [0.2, 0.25) is 0 Å². The predicted octanol–water partition coefficient (Wildman–Crippen LogP) is 10.5. The van der Waals surface area contributed by atoms with Crippen LogP contribution in [0.4, 0.5) is 0 Å². The molecule has 56 heavy (non-hydrogen) atoms. The number of para-hydroxylation sites is 1. The Morgan fingerprint density at radius 3 is 2.05 bits per heavy atom. The van der Waals surface area contributed by atoms with E-state index in [1.807, 2.05) is 0 Å².